The summed E-state index contributed by atoms with van der Waals surface area (Å²) in [5, 5.41) is 21.0. The number of rotatable bonds is 8. The van der Waals surface area contributed by atoms with Crippen LogP contribution in [0.1, 0.15) is 61.8 Å². The van der Waals surface area contributed by atoms with E-state index in [0.717, 1.165) is 70.6 Å². The second kappa shape index (κ2) is 9.19. The van der Waals surface area contributed by atoms with Gasteiger partial charge in [-0.25, -0.2) is 0 Å². The standard InChI is InChI=1S/C22H30O2S/c1-5-7-9-17-11-13-19(15(3)21(17)23)25-20-14-12-18(10-8-6-2)22(24)16(20)4/h11-14,23-24H,5-10H2,1-4H3. The fourth-order valence-electron chi connectivity index (χ4n) is 2.95. The van der Waals surface area contributed by atoms with E-state index in [-0.39, 0.29) is 0 Å². The number of aromatic hydroxyl groups is 2. The van der Waals surface area contributed by atoms with Gasteiger partial charge in [0.2, 0.25) is 0 Å². The molecular weight excluding hydrogens is 328 g/mol. The van der Waals surface area contributed by atoms with E-state index in [4.69, 9.17) is 0 Å². The Morgan fingerprint density at radius 3 is 1.48 bits per heavy atom. The second-order valence-corrected chi connectivity index (χ2v) is 7.79. The van der Waals surface area contributed by atoms with Crippen LogP contribution in [0.25, 0.3) is 0 Å². The van der Waals surface area contributed by atoms with Gasteiger partial charge in [0, 0.05) is 20.9 Å². The zero-order valence-electron chi connectivity index (χ0n) is 15.9. The molecule has 0 unspecified atom stereocenters. The van der Waals surface area contributed by atoms with Gasteiger partial charge in [-0.15, -0.1) is 0 Å². The maximum Gasteiger partial charge on any atom is 0.122 e. The van der Waals surface area contributed by atoms with E-state index in [1.165, 1.54) is 0 Å². The van der Waals surface area contributed by atoms with Gasteiger partial charge in [0.1, 0.15) is 11.5 Å². The van der Waals surface area contributed by atoms with E-state index in [2.05, 4.69) is 26.0 Å². The lowest BCUT2D eigenvalue weighted by molar-refractivity contribution is 0.460. The van der Waals surface area contributed by atoms with Crippen LogP contribution in [0, 0.1) is 13.8 Å². The molecule has 0 radical (unpaired) electrons. The number of benzene rings is 2. The molecule has 0 saturated carbocycles. The van der Waals surface area contributed by atoms with E-state index in [0.29, 0.717) is 11.5 Å². The highest BCUT2D eigenvalue weighted by atomic mass is 32.2. The molecule has 2 aromatic rings. The van der Waals surface area contributed by atoms with Crippen LogP contribution in [0.3, 0.4) is 0 Å². The summed E-state index contributed by atoms with van der Waals surface area (Å²) in [7, 11) is 0. The van der Waals surface area contributed by atoms with Crippen molar-refractivity contribution in [3.8, 4) is 11.5 Å². The highest BCUT2D eigenvalue weighted by molar-refractivity contribution is 7.99. The molecule has 0 aliphatic carbocycles. The predicted molar refractivity (Wildman–Crippen MR) is 107 cm³/mol. The molecule has 2 aromatic carbocycles. The minimum absolute atomic E-state index is 0.417. The maximum atomic E-state index is 10.5. The first-order chi connectivity index (χ1) is 12.0. The average Bonchev–Trinajstić information content (AvgIpc) is 2.61. The Bertz CT molecular complexity index is 661. The molecule has 0 atom stereocenters. The minimum atomic E-state index is 0.417. The van der Waals surface area contributed by atoms with Crippen molar-refractivity contribution in [1.82, 2.24) is 0 Å². The largest absolute Gasteiger partial charge is 0.507 e. The third-order valence-electron chi connectivity index (χ3n) is 4.75. The van der Waals surface area contributed by atoms with Crippen LogP contribution in [0.4, 0.5) is 0 Å². The van der Waals surface area contributed by atoms with Crippen LogP contribution >= 0.6 is 11.8 Å². The third-order valence-corrected chi connectivity index (χ3v) is 6.07. The lowest BCUT2D eigenvalue weighted by Crippen LogP contribution is -1.93. The van der Waals surface area contributed by atoms with Gasteiger partial charge in [0.15, 0.2) is 0 Å². The fraction of sp³-hybridized carbons (Fsp3) is 0.455. The van der Waals surface area contributed by atoms with E-state index >= 15 is 0 Å². The number of unbranched alkanes of at least 4 members (excludes halogenated alkanes) is 2. The zero-order valence-corrected chi connectivity index (χ0v) is 16.7. The van der Waals surface area contributed by atoms with Crippen molar-refractivity contribution in [3.63, 3.8) is 0 Å². The molecule has 0 heterocycles. The Morgan fingerprint density at radius 1 is 0.720 bits per heavy atom. The van der Waals surface area contributed by atoms with Crippen molar-refractivity contribution < 1.29 is 10.2 Å². The van der Waals surface area contributed by atoms with Gasteiger partial charge in [0.25, 0.3) is 0 Å². The van der Waals surface area contributed by atoms with Crippen LogP contribution in [0.5, 0.6) is 11.5 Å². The molecule has 136 valence electrons. The lowest BCUT2D eigenvalue weighted by Gasteiger charge is -2.15. The molecule has 0 bridgehead atoms. The smallest absolute Gasteiger partial charge is 0.122 e. The molecule has 0 aromatic heterocycles. The van der Waals surface area contributed by atoms with E-state index in [1.54, 1.807) is 11.8 Å². The number of aryl methyl sites for hydroxylation is 2. The van der Waals surface area contributed by atoms with Crippen LogP contribution in [0.2, 0.25) is 0 Å². The van der Waals surface area contributed by atoms with Crippen molar-refractivity contribution in [3.05, 3.63) is 46.5 Å². The number of phenols is 2. The minimum Gasteiger partial charge on any atom is -0.507 e. The topological polar surface area (TPSA) is 40.5 Å². The van der Waals surface area contributed by atoms with Gasteiger partial charge in [-0.05, 0) is 62.8 Å². The van der Waals surface area contributed by atoms with Gasteiger partial charge in [-0.3, -0.25) is 0 Å². The van der Waals surface area contributed by atoms with Crippen molar-refractivity contribution in [2.24, 2.45) is 0 Å². The lowest BCUT2D eigenvalue weighted by atomic mass is 10.0. The summed E-state index contributed by atoms with van der Waals surface area (Å²) in [6.07, 6.45) is 6.26. The highest BCUT2D eigenvalue weighted by Crippen LogP contribution is 2.40. The summed E-state index contributed by atoms with van der Waals surface area (Å²) >= 11 is 1.61. The van der Waals surface area contributed by atoms with Crippen molar-refractivity contribution >= 4 is 11.8 Å². The van der Waals surface area contributed by atoms with Crippen molar-refractivity contribution in [1.29, 1.82) is 0 Å². The van der Waals surface area contributed by atoms with Crippen molar-refractivity contribution in [2.75, 3.05) is 0 Å². The van der Waals surface area contributed by atoms with Crippen molar-refractivity contribution in [2.45, 2.75) is 76.0 Å². The summed E-state index contributed by atoms with van der Waals surface area (Å²) in [4.78, 5) is 2.09. The molecule has 0 saturated heterocycles. The van der Waals surface area contributed by atoms with Crippen LogP contribution in [-0.4, -0.2) is 10.2 Å². The van der Waals surface area contributed by atoms with Gasteiger partial charge in [0.05, 0.1) is 0 Å². The molecule has 2 nitrogen and oxygen atoms in total. The first kappa shape index (κ1) is 19.7. The summed E-state index contributed by atoms with van der Waals surface area (Å²) in [6, 6.07) is 8.24. The Labute approximate surface area is 156 Å². The molecule has 0 fully saturated rings. The molecule has 0 amide bonds. The molecule has 3 heteroatoms. The third kappa shape index (κ3) is 4.72. The first-order valence-electron chi connectivity index (χ1n) is 9.30. The number of hydrogen-bond acceptors (Lipinski definition) is 3. The second-order valence-electron chi connectivity index (χ2n) is 6.70. The Kier molecular flexibility index (Phi) is 7.24. The molecule has 2 N–H and O–H groups in total. The maximum absolute atomic E-state index is 10.5. The summed E-state index contributed by atoms with van der Waals surface area (Å²) in [6.45, 7) is 8.26. The Balaban J connectivity index is 2.25. The normalized spacial score (nSPS) is 11.0. The molecule has 25 heavy (non-hydrogen) atoms. The molecular formula is C22H30O2S. The predicted octanol–water partition coefficient (Wildman–Crippen LogP) is 6.55. The Hall–Kier alpha value is -1.61. The van der Waals surface area contributed by atoms with Gasteiger partial charge < -0.3 is 10.2 Å². The molecule has 2 rings (SSSR count). The van der Waals surface area contributed by atoms with E-state index in [1.807, 2.05) is 26.0 Å². The fourth-order valence-corrected chi connectivity index (χ4v) is 3.96. The molecule has 0 aliphatic rings. The first-order valence-corrected chi connectivity index (χ1v) is 10.1. The average molecular weight is 359 g/mol. The zero-order chi connectivity index (χ0) is 18.4. The summed E-state index contributed by atoms with van der Waals surface area (Å²) in [5.74, 6) is 0.833. The molecule has 0 aliphatic heterocycles. The Morgan fingerprint density at radius 2 is 1.12 bits per heavy atom. The SMILES string of the molecule is CCCCc1ccc(Sc2ccc(CCCC)c(O)c2C)c(C)c1O. The van der Waals surface area contributed by atoms with Gasteiger partial charge in [-0.2, -0.15) is 0 Å². The van der Waals surface area contributed by atoms with Gasteiger partial charge in [-0.1, -0.05) is 50.6 Å². The number of hydrogen-bond donors (Lipinski definition) is 2. The number of phenolic OH excluding ortho intramolecular Hbond substituents is 2. The van der Waals surface area contributed by atoms with E-state index < -0.39 is 0 Å². The summed E-state index contributed by atoms with van der Waals surface area (Å²) in [5.41, 5.74) is 3.90. The van der Waals surface area contributed by atoms with Crippen LogP contribution < -0.4 is 0 Å². The van der Waals surface area contributed by atoms with Crippen LogP contribution in [-0.2, 0) is 12.8 Å². The van der Waals surface area contributed by atoms with E-state index in [9.17, 15) is 10.2 Å². The highest BCUT2D eigenvalue weighted by Gasteiger charge is 2.14. The van der Waals surface area contributed by atoms with Gasteiger partial charge >= 0.3 is 0 Å². The van der Waals surface area contributed by atoms with Crippen LogP contribution in [0.15, 0.2) is 34.1 Å². The quantitative estimate of drug-likeness (QED) is 0.562. The summed E-state index contributed by atoms with van der Waals surface area (Å²) < 4.78 is 0. The molecule has 0 spiro atoms. The monoisotopic (exact) mass is 358 g/mol.